The second-order valence-corrected chi connectivity index (χ2v) is 11.7. The van der Waals surface area contributed by atoms with Crippen LogP contribution in [0.3, 0.4) is 0 Å². The largest absolute Gasteiger partial charge is 0.453 e. The van der Waals surface area contributed by atoms with E-state index < -0.39 is 6.10 Å². The number of benzene rings is 1. The first-order valence-corrected chi connectivity index (χ1v) is 12.4. The fraction of sp³-hybridized carbons (Fsp3) is 0.704. The van der Waals surface area contributed by atoms with Crippen LogP contribution in [0.15, 0.2) is 24.3 Å². The maximum Gasteiger partial charge on any atom is 0.339 e. The molecule has 0 bridgehead atoms. The van der Waals surface area contributed by atoms with Crippen molar-refractivity contribution in [1.29, 1.82) is 0 Å². The van der Waals surface area contributed by atoms with Gasteiger partial charge in [0.1, 0.15) is 11.9 Å². The van der Waals surface area contributed by atoms with Gasteiger partial charge in [-0.25, -0.2) is 4.79 Å². The normalized spacial score (nSPS) is 48.4. The zero-order valence-electron chi connectivity index (χ0n) is 18.7. The molecular formula is C27H34O4. The molecule has 0 amide bonds. The molecule has 1 aromatic rings. The van der Waals surface area contributed by atoms with Gasteiger partial charge < -0.3 is 9.84 Å². The van der Waals surface area contributed by atoms with Gasteiger partial charge >= 0.3 is 5.97 Å². The van der Waals surface area contributed by atoms with Gasteiger partial charge in [-0.15, -0.1) is 0 Å². The number of fused-ring (bicyclic) bond motifs is 6. The van der Waals surface area contributed by atoms with E-state index in [2.05, 4.69) is 13.8 Å². The van der Waals surface area contributed by atoms with Gasteiger partial charge in [0, 0.05) is 11.0 Å². The average Bonchev–Trinajstić information content (AvgIpc) is 3.23. The van der Waals surface area contributed by atoms with E-state index in [1.807, 2.05) is 24.3 Å². The third-order valence-corrected chi connectivity index (χ3v) is 10.5. The number of hydrogen-bond donors (Lipinski definition) is 1. The SMILES string of the molecule is CC12CCC3C(CCC4CC(O)CCC43C)C1CC(C1OC(=O)c3ccccc31)C2=O. The van der Waals surface area contributed by atoms with Crippen LogP contribution in [0.2, 0.25) is 0 Å². The number of ether oxygens (including phenoxy) is 1. The van der Waals surface area contributed by atoms with E-state index >= 15 is 0 Å². The molecule has 6 rings (SSSR count). The van der Waals surface area contributed by atoms with Crippen molar-refractivity contribution in [3.63, 3.8) is 0 Å². The highest BCUT2D eigenvalue weighted by Crippen LogP contribution is 2.67. The summed E-state index contributed by atoms with van der Waals surface area (Å²) in [7, 11) is 0. The first-order valence-electron chi connectivity index (χ1n) is 12.4. The number of ketones is 1. The van der Waals surface area contributed by atoms with Crippen LogP contribution >= 0.6 is 0 Å². The molecule has 4 heteroatoms. The van der Waals surface area contributed by atoms with Crippen molar-refractivity contribution in [1.82, 2.24) is 0 Å². The minimum atomic E-state index is -0.408. The minimum absolute atomic E-state index is 0.127. The first-order chi connectivity index (χ1) is 14.8. The molecule has 0 spiro atoms. The molecule has 0 saturated heterocycles. The average molecular weight is 423 g/mol. The number of Topliss-reactive ketones (excluding diaryl/α,β-unsaturated/α-hetero) is 1. The second-order valence-electron chi connectivity index (χ2n) is 11.7. The number of carbonyl (C=O) groups excluding carboxylic acids is 2. The molecule has 0 aromatic heterocycles. The summed E-state index contributed by atoms with van der Waals surface area (Å²) in [6, 6.07) is 7.59. The van der Waals surface area contributed by atoms with Crippen molar-refractivity contribution < 1.29 is 19.4 Å². The Morgan fingerprint density at radius 1 is 0.968 bits per heavy atom. The standard InChI is InChI=1S/C27H34O4/c1-26-11-9-16(28)13-15(26)7-8-19-21(26)10-12-27(2)22(19)14-20(24(27)29)23-17-5-3-4-6-18(17)25(30)31-23/h3-6,15-16,19-23,28H,7-14H2,1-2H3. The van der Waals surface area contributed by atoms with Gasteiger partial charge in [-0.3, -0.25) is 4.79 Å². The van der Waals surface area contributed by atoms with Crippen molar-refractivity contribution in [2.45, 2.75) is 77.4 Å². The van der Waals surface area contributed by atoms with Gasteiger partial charge in [-0.2, -0.15) is 0 Å². The topological polar surface area (TPSA) is 63.6 Å². The molecule has 4 nitrogen and oxygen atoms in total. The number of aliphatic hydroxyl groups is 1. The first kappa shape index (κ1) is 20.0. The van der Waals surface area contributed by atoms with Gasteiger partial charge in [0.25, 0.3) is 0 Å². The molecule has 9 atom stereocenters. The van der Waals surface area contributed by atoms with Crippen molar-refractivity contribution in [3.8, 4) is 0 Å². The Bertz CT molecular complexity index is 939. The van der Waals surface area contributed by atoms with Crippen LogP contribution in [0.4, 0.5) is 0 Å². The van der Waals surface area contributed by atoms with Crippen LogP contribution in [0.25, 0.3) is 0 Å². The predicted molar refractivity (Wildman–Crippen MR) is 116 cm³/mol. The van der Waals surface area contributed by atoms with Gasteiger partial charge in [-0.05, 0) is 86.5 Å². The number of rotatable bonds is 1. The zero-order valence-corrected chi connectivity index (χ0v) is 18.7. The third kappa shape index (κ3) is 2.63. The van der Waals surface area contributed by atoms with E-state index in [4.69, 9.17) is 4.74 Å². The van der Waals surface area contributed by atoms with Crippen LogP contribution in [-0.4, -0.2) is 23.0 Å². The lowest BCUT2D eigenvalue weighted by Gasteiger charge is -2.60. The highest BCUT2D eigenvalue weighted by Gasteiger charge is 2.64. The summed E-state index contributed by atoms with van der Waals surface area (Å²) in [4.78, 5) is 26.3. The summed E-state index contributed by atoms with van der Waals surface area (Å²) in [6.07, 6.45) is 7.77. The Kier molecular flexibility index (Phi) is 4.29. The summed E-state index contributed by atoms with van der Waals surface area (Å²) < 4.78 is 5.80. The summed E-state index contributed by atoms with van der Waals surface area (Å²) in [6.45, 7) is 4.68. The molecule has 1 heterocycles. The Morgan fingerprint density at radius 3 is 2.61 bits per heavy atom. The quantitative estimate of drug-likeness (QED) is 0.640. The van der Waals surface area contributed by atoms with Crippen LogP contribution in [-0.2, 0) is 9.53 Å². The number of carbonyl (C=O) groups is 2. The lowest BCUT2D eigenvalue weighted by Crippen LogP contribution is -2.54. The molecule has 9 unspecified atom stereocenters. The molecular weight excluding hydrogens is 388 g/mol. The summed E-state index contributed by atoms with van der Waals surface area (Å²) in [5, 5.41) is 10.3. The maximum atomic E-state index is 13.8. The van der Waals surface area contributed by atoms with Gasteiger partial charge in [-0.1, -0.05) is 32.0 Å². The van der Waals surface area contributed by atoms with E-state index in [9.17, 15) is 14.7 Å². The molecule has 0 radical (unpaired) electrons. The Morgan fingerprint density at radius 2 is 1.77 bits per heavy atom. The molecule has 4 fully saturated rings. The molecule has 166 valence electrons. The van der Waals surface area contributed by atoms with E-state index in [-0.39, 0.29) is 23.4 Å². The molecule has 1 aromatic carbocycles. The van der Waals surface area contributed by atoms with Crippen molar-refractivity contribution in [2.75, 3.05) is 0 Å². The molecule has 4 saturated carbocycles. The summed E-state index contributed by atoms with van der Waals surface area (Å²) >= 11 is 0. The van der Waals surface area contributed by atoms with Gasteiger partial charge in [0.15, 0.2) is 0 Å². The summed E-state index contributed by atoms with van der Waals surface area (Å²) in [5.41, 5.74) is 1.55. The maximum absolute atomic E-state index is 13.8. The number of aliphatic hydroxyl groups excluding tert-OH is 1. The molecule has 1 N–H and O–H groups in total. The molecule has 31 heavy (non-hydrogen) atoms. The zero-order chi connectivity index (χ0) is 21.5. The third-order valence-electron chi connectivity index (χ3n) is 10.5. The number of cyclic esters (lactones) is 1. The van der Waals surface area contributed by atoms with Crippen LogP contribution < -0.4 is 0 Å². The van der Waals surface area contributed by atoms with Crippen LogP contribution in [0.1, 0.15) is 87.2 Å². The second kappa shape index (κ2) is 6.66. The lowest BCUT2D eigenvalue weighted by molar-refractivity contribution is -0.144. The smallest absolute Gasteiger partial charge is 0.339 e. The fourth-order valence-corrected chi connectivity index (χ4v) is 8.83. The molecule has 1 aliphatic heterocycles. The van der Waals surface area contributed by atoms with Gasteiger partial charge in [0.05, 0.1) is 17.6 Å². The molecule has 4 aliphatic carbocycles. The van der Waals surface area contributed by atoms with E-state index in [1.165, 1.54) is 12.8 Å². The van der Waals surface area contributed by atoms with E-state index in [1.54, 1.807) is 0 Å². The van der Waals surface area contributed by atoms with Crippen LogP contribution in [0, 0.1) is 40.4 Å². The monoisotopic (exact) mass is 422 g/mol. The van der Waals surface area contributed by atoms with Crippen molar-refractivity contribution >= 4 is 11.8 Å². The lowest BCUT2D eigenvalue weighted by atomic mass is 9.45. The molecule has 5 aliphatic rings. The minimum Gasteiger partial charge on any atom is -0.453 e. The highest BCUT2D eigenvalue weighted by atomic mass is 16.5. The van der Waals surface area contributed by atoms with Crippen molar-refractivity contribution in [2.24, 2.45) is 40.4 Å². The van der Waals surface area contributed by atoms with E-state index in [0.29, 0.717) is 40.4 Å². The summed E-state index contributed by atoms with van der Waals surface area (Å²) in [5.74, 6) is 2.09. The number of hydrogen-bond acceptors (Lipinski definition) is 4. The predicted octanol–water partition coefficient (Wildman–Crippen LogP) is 5.10. The van der Waals surface area contributed by atoms with Crippen molar-refractivity contribution in [3.05, 3.63) is 35.4 Å². The van der Waals surface area contributed by atoms with Crippen LogP contribution in [0.5, 0.6) is 0 Å². The Hall–Kier alpha value is -1.68. The van der Waals surface area contributed by atoms with Gasteiger partial charge in [0.2, 0.25) is 0 Å². The highest BCUT2D eigenvalue weighted by molar-refractivity contribution is 5.96. The fourth-order valence-electron chi connectivity index (χ4n) is 8.83. The Labute approximate surface area is 184 Å². The number of esters is 1. The van der Waals surface area contributed by atoms with E-state index in [0.717, 1.165) is 44.1 Å². The Balaban J connectivity index is 1.31.